The van der Waals surface area contributed by atoms with E-state index in [9.17, 15) is 9.90 Å². The number of carbonyl (C=O) groups excluding carboxylic acids is 1. The molecule has 0 aliphatic heterocycles. The molecule has 2 heterocycles. The third-order valence-electron chi connectivity index (χ3n) is 3.41. The van der Waals surface area contributed by atoms with Gasteiger partial charge < -0.3 is 15.7 Å². The summed E-state index contributed by atoms with van der Waals surface area (Å²) in [6.45, 7) is 2.99. The zero-order valence-electron chi connectivity index (χ0n) is 12.6. The first-order valence-electron chi connectivity index (χ1n) is 7.24. The van der Waals surface area contributed by atoms with E-state index in [2.05, 4.69) is 15.6 Å². The lowest BCUT2D eigenvalue weighted by Crippen LogP contribution is -2.39. The van der Waals surface area contributed by atoms with Crippen molar-refractivity contribution in [1.29, 1.82) is 0 Å². The van der Waals surface area contributed by atoms with Crippen LogP contribution in [0.5, 0.6) is 0 Å². The number of nitrogens with zero attached hydrogens (tertiary/aromatic N) is 1. The number of aliphatic hydroxyl groups is 1. The highest BCUT2D eigenvalue weighted by atomic mass is 32.1. The van der Waals surface area contributed by atoms with Gasteiger partial charge in [-0.05, 0) is 42.5 Å². The number of hydrogen-bond donors (Lipinski definition) is 3. The average molecular weight is 319 g/mol. The number of thiophene rings is 1. The summed E-state index contributed by atoms with van der Waals surface area (Å²) in [5.74, 6) is -0.0378. The maximum atomic E-state index is 11.8. The van der Waals surface area contributed by atoms with E-state index < -0.39 is 0 Å². The number of hydrogen-bond acceptors (Lipinski definition) is 4. The van der Waals surface area contributed by atoms with Gasteiger partial charge in [-0.1, -0.05) is 6.07 Å². The maximum absolute atomic E-state index is 11.8. The maximum Gasteiger partial charge on any atom is 0.315 e. The molecule has 118 valence electrons. The van der Waals surface area contributed by atoms with Crippen molar-refractivity contribution in [3.05, 3.63) is 52.0 Å². The second-order valence-electron chi connectivity index (χ2n) is 5.16. The second kappa shape index (κ2) is 8.51. The fourth-order valence-corrected chi connectivity index (χ4v) is 2.91. The summed E-state index contributed by atoms with van der Waals surface area (Å²) in [6, 6.07) is 7.51. The van der Waals surface area contributed by atoms with Crippen molar-refractivity contribution >= 4 is 17.4 Å². The lowest BCUT2D eigenvalue weighted by atomic mass is 10.0. The molecule has 2 amide bonds. The lowest BCUT2D eigenvalue weighted by molar-refractivity contribution is 0.213. The molecule has 0 radical (unpaired) electrons. The molecule has 0 saturated heterocycles. The van der Waals surface area contributed by atoms with E-state index in [0.717, 1.165) is 10.6 Å². The predicted molar refractivity (Wildman–Crippen MR) is 87.8 cm³/mol. The number of aliphatic hydroxyl groups excluding tert-OH is 1. The first kappa shape index (κ1) is 16.5. The smallest absolute Gasteiger partial charge is 0.315 e. The quantitative estimate of drug-likeness (QED) is 0.732. The Balaban J connectivity index is 1.73. The number of pyridine rings is 1. The summed E-state index contributed by atoms with van der Waals surface area (Å²) >= 11 is 1.63. The summed E-state index contributed by atoms with van der Waals surface area (Å²) in [6.07, 6.45) is 2.37. The zero-order valence-corrected chi connectivity index (χ0v) is 13.4. The molecule has 2 rings (SSSR count). The van der Waals surface area contributed by atoms with Crippen LogP contribution in [0.3, 0.4) is 0 Å². The highest BCUT2D eigenvalue weighted by Crippen LogP contribution is 2.14. The molecular weight excluding hydrogens is 298 g/mol. The van der Waals surface area contributed by atoms with Crippen LogP contribution in [0.4, 0.5) is 4.79 Å². The number of urea groups is 1. The molecule has 0 bridgehead atoms. The second-order valence-corrected chi connectivity index (χ2v) is 6.16. The van der Waals surface area contributed by atoms with E-state index in [4.69, 9.17) is 0 Å². The minimum absolute atomic E-state index is 0.0148. The Labute approximate surface area is 134 Å². The van der Waals surface area contributed by atoms with Crippen molar-refractivity contribution < 1.29 is 9.90 Å². The van der Waals surface area contributed by atoms with E-state index in [0.29, 0.717) is 19.5 Å². The number of carbonyl (C=O) groups is 1. The van der Waals surface area contributed by atoms with Gasteiger partial charge in [0.1, 0.15) is 0 Å². The molecule has 5 nitrogen and oxygen atoms in total. The van der Waals surface area contributed by atoms with Crippen molar-refractivity contribution in [2.24, 2.45) is 5.92 Å². The molecule has 0 aliphatic rings. The van der Waals surface area contributed by atoms with E-state index in [1.807, 2.05) is 36.6 Å². The Morgan fingerprint density at radius 3 is 2.86 bits per heavy atom. The molecule has 0 aliphatic carbocycles. The normalized spacial score (nSPS) is 11.9. The van der Waals surface area contributed by atoms with Crippen LogP contribution < -0.4 is 10.6 Å². The third-order valence-corrected chi connectivity index (χ3v) is 4.43. The summed E-state index contributed by atoms with van der Waals surface area (Å²) in [4.78, 5) is 17.2. The summed E-state index contributed by atoms with van der Waals surface area (Å²) in [5.41, 5.74) is 2.10. The van der Waals surface area contributed by atoms with Gasteiger partial charge in [0, 0.05) is 35.8 Å². The Morgan fingerprint density at radius 1 is 1.36 bits per heavy atom. The van der Waals surface area contributed by atoms with Gasteiger partial charge in [-0.3, -0.25) is 4.98 Å². The molecule has 22 heavy (non-hydrogen) atoms. The molecule has 0 spiro atoms. The van der Waals surface area contributed by atoms with Crippen LogP contribution in [-0.4, -0.2) is 29.3 Å². The predicted octanol–water partition coefficient (Wildman–Crippen LogP) is 2.10. The Hall–Kier alpha value is -1.92. The van der Waals surface area contributed by atoms with Gasteiger partial charge in [0.25, 0.3) is 0 Å². The molecule has 1 unspecified atom stereocenters. The van der Waals surface area contributed by atoms with E-state index in [-0.39, 0.29) is 18.6 Å². The average Bonchev–Trinajstić information content (AvgIpc) is 2.95. The summed E-state index contributed by atoms with van der Waals surface area (Å²) < 4.78 is 0. The van der Waals surface area contributed by atoms with Crippen LogP contribution in [-0.2, 0) is 13.0 Å². The molecule has 0 fully saturated rings. The number of aromatic nitrogens is 1. The summed E-state index contributed by atoms with van der Waals surface area (Å²) in [5, 5.41) is 17.1. The Morgan fingerprint density at radius 2 is 2.23 bits per heavy atom. The van der Waals surface area contributed by atoms with E-state index in [1.54, 1.807) is 17.5 Å². The fourth-order valence-electron chi connectivity index (χ4n) is 2.06. The Kier molecular flexibility index (Phi) is 6.36. The SMILES string of the molecule is Cc1ccsc1CNC(=O)NCC(CO)Cc1ccccn1. The standard InChI is InChI=1S/C16H21N3O2S/c1-12-5-7-22-15(12)10-19-16(21)18-9-13(11-20)8-14-4-2-3-6-17-14/h2-7,13,20H,8-11H2,1H3,(H2,18,19,21). The zero-order chi connectivity index (χ0) is 15.8. The van der Waals surface area contributed by atoms with Gasteiger partial charge in [0.15, 0.2) is 0 Å². The van der Waals surface area contributed by atoms with Gasteiger partial charge in [-0.25, -0.2) is 4.79 Å². The van der Waals surface area contributed by atoms with Crippen molar-refractivity contribution in [3.63, 3.8) is 0 Å². The van der Waals surface area contributed by atoms with Crippen molar-refractivity contribution in [3.8, 4) is 0 Å². The van der Waals surface area contributed by atoms with Gasteiger partial charge in [-0.15, -0.1) is 11.3 Å². The first-order chi connectivity index (χ1) is 10.7. The van der Waals surface area contributed by atoms with Crippen molar-refractivity contribution in [2.45, 2.75) is 19.9 Å². The number of amides is 2. The molecular formula is C16H21N3O2S. The van der Waals surface area contributed by atoms with E-state index in [1.165, 1.54) is 5.56 Å². The fraction of sp³-hybridized carbons (Fsp3) is 0.375. The molecule has 6 heteroatoms. The molecule has 0 saturated carbocycles. The molecule has 3 N–H and O–H groups in total. The van der Waals surface area contributed by atoms with Gasteiger partial charge >= 0.3 is 6.03 Å². The monoisotopic (exact) mass is 319 g/mol. The van der Waals surface area contributed by atoms with E-state index >= 15 is 0 Å². The molecule has 2 aromatic rings. The first-order valence-corrected chi connectivity index (χ1v) is 8.12. The highest BCUT2D eigenvalue weighted by Gasteiger charge is 2.11. The molecule has 1 atom stereocenters. The minimum Gasteiger partial charge on any atom is -0.396 e. The third kappa shape index (κ3) is 5.13. The minimum atomic E-state index is -0.215. The van der Waals surface area contributed by atoms with Crippen LogP contribution in [0, 0.1) is 12.8 Å². The number of aryl methyl sites for hydroxylation is 1. The van der Waals surface area contributed by atoms with Gasteiger partial charge in [-0.2, -0.15) is 0 Å². The summed E-state index contributed by atoms with van der Waals surface area (Å²) in [7, 11) is 0. The van der Waals surface area contributed by atoms with Crippen LogP contribution in [0.2, 0.25) is 0 Å². The van der Waals surface area contributed by atoms with Crippen LogP contribution >= 0.6 is 11.3 Å². The van der Waals surface area contributed by atoms with Gasteiger partial charge in [0.2, 0.25) is 0 Å². The largest absolute Gasteiger partial charge is 0.396 e. The van der Waals surface area contributed by atoms with Gasteiger partial charge in [0.05, 0.1) is 6.54 Å². The van der Waals surface area contributed by atoms with Crippen molar-refractivity contribution in [2.75, 3.05) is 13.2 Å². The molecule has 2 aromatic heterocycles. The lowest BCUT2D eigenvalue weighted by Gasteiger charge is -2.15. The number of nitrogens with one attached hydrogen (secondary N) is 2. The molecule has 0 aromatic carbocycles. The number of rotatable bonds is 7. The van der Waals surface area contributed by atoms with Crippen LogP contribution in [0.1, 0.15) is 16.1 Å². The van der Waals surface area contributed by atoms with Crippen molar-refractivity contribution in [1.82, 2.24) is 15.6 Å². The Bertz CT molecular complexity index is 586. The van der Waals surface area contributed by atoms with Crippen LogP contribution in [0.25, 0.3) is 0 Å². The topological polar surface area (TPSA) is 74.2 Å². The van der Waals surface area contributed by atoms with Crippen LogP contribution in [0.15, 0.2) is 35.8 Å². The highest BCUT2D eigenvalue weighted by molar-refractivity contribution is 7.10.